The van der Waals surface area contributed by atoms with Crippen LogP contribution in [0.3, 0.4) is 0 Å². The molecule has 2 aromatic heterocycles. The minimum Gasteiger partial charge on any atom is -0.465 e. The molecule has 110 valence electrons. The normalized spacial score (nSPS) is 25.3. The number of H-pyrrole nitrogens is 1. The van der Waals surface area contributed by atoms with Gasteiger partial charge in [0.05, 0.1) is 6.04 Å². The predicted octanol–water partition coefficient (Wildman–Crippen LogP) is 2.28. The van der Waals surface area contributed by atoms with Crippen LogP contribution in [0.4, 0.5) is 10.5 Å². The summed E-state index contributed by atoms with van der Waals surface area (Å²) in [6.07, 6.45) is 5.84. The summed E-state index contributed by atoms with van der Waals surface area (Å²) in [6, 6.07) is 4.50. The van der Waals surface area contributed by atoms with Crippen molar-refractivity contribution >= 4 is 22.8 Å². The number of pyridine rings is 1. The Kier molecular flexibility index (Phi) is 2.77. The van der Waals surface area contributed by atoms with Crippen molar-refractivity contribution in [1.82, 2.24) is 14.9 Å². The van der Waals surface area contributed by atoms with Gasteiger partial charge in [0.2, 0.25) is 0 Å². The van der Waals surface area contributed by atoms with Crippen LogP contribution >= 0.6 is 0 Å². The van der Waals surface area contributed by atoms with E-state index in [1.54, 1.807) is 4.90 Å². The molecule has 0 saturated carbocycles. The average molecular weight is 286 g/mol. The Hall–Kier alpha value is -2.24. The first kappa shape index (κ1) is 12.5. The summed E-state index contributed by atoms with van der Waals surface area (Å²) in [6.45, 7) is 1.57. The number of piperidine rings is 1. The van der Waals surface area contributed by atoms with E-state index >= 15 is 0 Å². The third-order valence-corrected chi connectivity index (χ3v) is 4.80. The molecule has 0 radical (unpaired) electrons. The standard InChI is InChI=1S/C15H18N4O2/c20-15(21)19-8-1-2-12-13(19)5-9-18(12)11-4-7-17-14-10(11)3-6-16-14/h3-4,6-7,12-13H,1-2,5,8-9H2,(H,16,17)(H,20,21). The van der Waals surface area contributed by atoms with Crippen molar-refractivity contribution in [3.05, 3.63) is 24.5 Å². The molecule has 21 heavy (non-hydrogen) atoms. The second kappa shape index (κ2) is 4.65. The van der Waals surface area contributed by atoms with E-state index in [-0.39, 0.29) is 12.1 Å². The van der Waals surface area contributed by atoms with Gasteiger partial charge in [-0.3, -0.25) is 0 Å². The predicted molar refractivity (Wildman–Crippen MR) is 79.6 cm³/mol. The number of fused-ring (bicyclic) bond motifs is 2. The van der Waals surface area contributed by atoms with E-state index in [9.17, 15) is 9.90 Å². The van der Waals surface area contributed by atoms with Crippen molar-refractivity contribution < 1.29 is 9.90 Å². The minimum atomic E-state index is -0.784. The lowest BCUT2D eigenvalue weighted by Crippen LogP contribution is -2.51. The SMILES string of the molecule is O=C(O)N1CCCC2C1CCN2c1ccnc2[nH]ccc12. The highest BCUT2D eigenvalue weighted by molar-refractivity contribution is 5.90. The number of carbonyl (C=O) groups is 1. The zero-order valence-corrected chi connectivity index (χ0v) is 11.7. The molecule has 4 rings (SSSR count). The van der Waals surface area contributed by atoms with Gasteiger partial charge in [0.15, 0.2) is 0 Å². The lowest BCUT2D eigenvalue weighted by atomic mass is 9.97. The van der Waals surface area contributed by atoms with Crippen LogP contribution in [0.1, 0.15) is 19.3 Å². The molecule has 6 heteroatoms. The summed E-state index contributed by atoms with van der Waals surface area (Å²) in [4.78, 5) is 22.9. The maximum absolute atomic E-state index is 11.4. The third kappa shape index (κ3) is 1.86. The number of carboxylic acid groups (broad SMARTS) is 1. The Bertz CT molecular complexity index is 683. The van der Waals surface area contributed by atoms with Gasteiger partial charge in [0.25, 0.3) is 0 Å². The summed E-state index contributed by atoms with van der Waals surface area (Å²) in [7, 11) is 0. The average Bonchev–Trinajstić information content (AvgIpc) is 3.12. The van der Waals surface area contributed by atoms with Gasteiger partial charge in [-0.1, -0.05) is 0 Å². The van der Waals surface area contributed by atoms with Crippen LogP contribution in [-0.2, 0) is 0 Å². The van der Waals surface area contributed by atoms with E-state index in [0.29, 0.717) is 6.54 Å². The van der Waals surface area contributed by atoms with Crippen LogP contribution in [0, 0.1) is 0 Å². The summed E-state index contributed by atoms with van der Waals surface area (Å²) in [5, 5.41) is 10.5. The third-order valence-electron chi connectivity index (χ3n) is 4.80. The van der Waals surface area contributed by atoms with E-state index in [1.165, 1.54) is 5.69 Å². The van der Waals surface area contributed by atoms with Crippen LogP contribution in [0.5, 0.6) is 0 Å². The summed E-state index contributed by atoms with van der Waals surface area (Å²) in [5.74, 6) is 0. The number of nitrogens with one attached hydrogen (secondary N) is 1. The fourth-order valence-corrected chi connectivity index (χ4v) is 3.92. The fraction of sp³-hybridized carbons (Fsp3) is 0.467. The van der Waals surface area contributed by atoms with Gasteiger partial charge in [-0.2, -0.15) is 0 Å². The summed E-state index contributed by atoms with van der Waals surface area (Å²) in [5.41, 5.74) is 2.06. The van der Waals surface area contributed by atoms with E-state index in [1.807, 2.05) is 24.5 Å². The number of hydrogen-bond donors (Lipinski definition) is 2. The van der Waals surface area contributed by atoms with Crippen molar-refractivity contribution in [2.45, 2.75) is 31.3 Å². The molecule has 2 atom stereocenters. The second-order valence-corrected chi connectivity index (χ2v) is 5.80. The van der Waals surface area contributed by atoms with Crippen LogP contribution in [-0.4, -0.2) is 51.2 Å². The van der Waals surface area contributed by atoms with E-state index in [0.717, 1.165) is 36.8 Å². The van der Waals surface area contributed by atoms with E-state index in [4.69, 9.17) is 0 Å². The fourth-order valence-electron chi connectivity index (χ4n) is 3.92. The van der Waals surface area contributed by atoms with Crippen LogP contribution < -0.4 is 4.90 Å². The van der Waals surface area contributed by atoms with E-state index in [2.05, 4.69) is 14.9 Å². The van der Waals surface area contributed by atoms with Crippen molar-refractivity contribution in [2.24, 2.45) is 0 Å². The Balaban J connectivity index is 1.71. The second-order valence-electron chi connectivity index (χ2n) is 5.80. The molecule has 2 unspecified atom stereocenters. The zero-order chi connectivity index (χ0) is 14.4. The molecule has 1 amide bonds. The molecule has 0 bridgehead atoms. The van der Waals surface area contributed by atoms with E-state index < -0.39 is 6.09 Å². The van der Waals surface area contributed by atoms with Gasteiger partial charge < -0.3 is 19.9 Å². The molecule has 2 aromatic rings. The highest BCUT2D eigenvalue weighted by atomic mass is 16.4. The van der Waals surface area contributed by atoms with Crippen LogP contribution in [0.25, 0.3) is 11.0 Å². The first-order chi connectivity index (χ1) is 10.3. The smallest absolute Gasteiger partial charge is 0.407 e. The first-order valence-electron chi connectivity index (χ1n) is 7.44. The van der Waals surface area contributed by atoms with Crippen LogP contribution in [0.15, 0.2) is 24.5 Å². The van der Waals surface area contributed by atoms with Gasteiger partial charge in [0, 0.05) is 42.6 Å². The molecule has 2 aliphatic rings. The number of likely N-dealkylation sites (tertiary alicyclic amines) is 1. The summed E-state index contributed by atoms with van der Waals surface area (Å²) < 4.78 is 0. The molecule has 0 aromatic carbocycles. The number of anilines is 1. The molecule has 6 nitrogen and oxygen atoms in total. The molecule has 2 N–H and O–H groups in total. The molecular formula is C15H18N4O2. The highest BCUT2D eigenvalue weighted by Crippen LogP contribution is 2.36. The van der Waals surface area contributed by atoms with Gasteiger partial charge in [-0.25, -0.2) is 9.78 Å². The minimum absolute atomic E-state index is 0.124. The maximum Gasteiger partial charge on any atom is 0.407 e. The largest absolute Gasteiger partial charge is 0.465 e. The Morgan fingerprint density at radius 1 is 1.29 bits per heavy atom. The Labute approximate surface area is 122 Å². The molecule has 2 saturated heterocycles. The molecule has 4 heterocycles. The number of aromatic nitrogens is 2. The zero-order valence-electron chi connectivity index (χ0n) is 11.7. The molecule has 2 aliphatic heterocycles. The van der Waals surface area contributed by atoms with Crippen LogP contribution in [0.2, 0.25) is 0 Å². The molecule has 0 aliphatic carbocycles. The highest BCUT2D eigenvalue weighted by Gasteiger charge is 2.42. The van der Waals surface area contributed by atoms with Gasteiger partial charge in [0.1, 0.15) is 5.65 Å². The maximum atomic E-state index is 11.4. The van der Waals surface area contributed by atoms with Gasteiger partial charge in [-0.15, -0.1) is 0 Å². The van der Waals surface area contributed by atoms with Gasteiger partial charge >= 0.3 is 6.09 Å². The lowest BCUT2D eigenvalue weighted by Gasteiger charge is -2.39. The first-order valence-corrected chi connectivity index (χ1v) is 7.44. The molecule has 2 fully saturated rings. The lowest BCUT2D eigenvalue weighted by molar-refractivity contribution is 0.105. The molecular weight excluding hydrogens is 268 g/mol. The van der Waals surface area contributed by atoms with Crippen molar-refractivity contribution in [3.8, 4) is 0 Å². The number of amides is 1. The monoisotopic (exact) mass is 286 g/mol. The Morgan fingerprint density at radius 3 is 3.05 bits per heavy atom. The topological polar surface area (TPSA) is 72.5 Å². The Morgan fingerprint density at radius 2 is 2.19 bits per heavy atom. The summed E-state index contributed by atoms with van der Waals surface area (Å²) >= 11 is 0. The number of nitrogens with zero attached hydrogens (tertiary/aromatic N) is 3. The quantitative estimate of drug-likeness (QED) is 0.843. The van der Waals surface area contributed by atoms with Crippen molar-refractivity contribution in [1.29, 1.82) is 0 Å². The van der Waals surface area contributed by atoms with Crippen molar-refractivity contribution in [2.75, 3.05) is 18.0 Å². The number of hydrogen-bond acceptors (Lipinski definition) is 3. The van der Waals surface area contributed by atoms with Gasteiger partial charge in [-0.05, 0) is 31.4 Å². The number of rotatable bonds is 1. The van der Waals surface area contributed by atoms with Crippen molar-refractivity contribution in [3.63, 3.8) is 0 Å². The number of aromatic amines is 1. The molecule has 0 spiro atoms.